The predicted molar refractivity (Wildman–Crippen MR) is 47.1 cm³/mol. The third-order valence-corrected chi connectivity index (χ3v) is 1.60. The molecule has 0 saturated heterocycles. The molecule has 0 heterocycles. The molecule has 0 atom stereocenters. The van der Waals surface area contributed by atoms with Crippen molar-refractivity contribution < 1.29 is 10.1 Å². The average molecular weight is 168 g/mol. The minimum absolute atomic E-state index is 0.0256. The Morgan fingerprint density at radius 2 is 1.75 bits per heavy atom. The minimum Gasteiger partial charge on any atom is -0.353 e. The van der Waals surface area contributed by atoms with Crippen LogP contribution in [0.2, 0.25) is 0 Å². The van der Waals surface area contributed by atoms with Gasteiger partial charge in [-0.2, -0.15) is 0 Å². The highest BCUT2D eigenvalue weighted by molar-refractivity contribution is 5.17. The molecule has 3 N–H and O–H groups in total. The lowest BCUT2D eigenvalue weighted by Crippen LogP contribution is -2.70. The van der Waals surface area contributed by atoms with E-state index in [9.17, 15) is 4.39 Å². The second-order valence-electron chi connectivity index (χ2n) is 3.97. The molecule has 0 aliphatic carbocycles. The molecule has 0 fully saturated rings. The van der Waals surface area contributed by atoms with Gasteiger partial charge in [-0.3, -0.25) is 0 Å². The smallest absolute Gasteiger partial charge is 0.123 e. The van der Waals surface area contributed by atoms with Gasteiger partial charge in [-0.05, 0) is 31.5 Å². The summed E-state index contributed by atoms with van der Waals surface area (Å²) < 4.78 is 12.5. The maximum Gasteiger partial charge on any atom is 0.123 e. The van der Waals surface area contributed by atoms with Crippen LogP contribution >= 0.6 is 0 Å². The molecule has 0 unspecified atom stereocenters. The normalized spacial score (nSPS) is 11.7. The second kappa shape index (κ2) is 3.23. The van der Waals surface area contributed by atoms with Crippen LogP contribution in [0.1, 0.15) is 19.4 Å². The molecule has 0 saturated carbocycles. The minimum atomic E-state index is -0.180. The summed E-state index contributed by atoms with van der Waals surface area (Å²) in [5, 5.41) is 0. The van der Waals surface area contributed by atoms with Crippen molar-refractivity contribution in [2.75, 3.05) is 0 Å². The summed E-state index contributed by atoms with van der Waals surface area (Å²) in [4.78, 5) is 0. The first-order valence-corrected chi connectivity index (χ1v) is 4.07. The molecule has 0 bridgehead atoms. The largest absolute Gasteiger partial charge is 0.353 e. The summed E-state index contributed by atoms with van der Waals surface area (Å²) >= 11 is 0. The summed E-state index contributed by atoms with van der Waals surface area (Å²) in [6.45, 7) is 4.13. The third kappa shape index (κ3) is 3.01. The lowest BCUT2D eigenvalue weighted by atomic mass is 9.96. The van der Waals surface area contributed by atoms with E-state index in [2.05, 4.69) is 19.6 Å². The fraction of sp³-hybridized carbons (Fsp3) is 0.400. The van der Waals surface area contributed by atoms with E-state index in [1.807, 2.05) is 12.1 Å². The van der Waals surface area contributed by atoms with Gasteiger partial charge in [-0.15, -0.1) is 0 Å². The zero-order valence-corrected chi connectivity index (χ0v) is 7.60. The van der Waals surface area contributed by atoms with Crippen LogP contribution in [-0.4, -0.2) is 5.54 Å². The molecule has 2 heteroatoms. The van der Waals surface area contributed by atoms with Crippen molar-refractivity contribution in [2.24, 2.45) is 0 Å². The van der Waals surface area contributed by atoms with Crippen LogP contribution in [0.3, 0.4) is 0 Å². The van der Waals surface area contributed by atoms with Gasteiger partial charge in [0, 0.05) is 6.42 Å². The van der Waals surface area contributed by atoms with Gasteiger partial charge in [-0.1, -0.05) is 12.1 Å². The van der Waals surface area contributed by atoms with Crippen molar-refractivity contribution in [1.29, 1.82) is 0 Å². The zero-order valence-electron chi connectivity index (χ0n) is 7.60. The number of hydrogen-bond donors (Lipinski definition) is 1. The Kier molecular flexibility index (Phi) is 2.48. The van der Waals surface area contributed by atoms with E-state index in [1.165, 1.54) is 12.1 Å². The van der Waals surface area contributed by atoms with E-state index < -0.39 is 0 Å². The number of quaternary nitrogens is 1. The van der Waals surface area contributed by atoms with Crippen molar-refractivity contribution in [3.05, 3.63) is 35.6 Å². The molecule has 1 aromatic carbocycles. The molecule has 0 aromatic heterocycles. The lowest BCUT2D eigenvalue weighted by molar-refractivity contribution is -0.465. The molecule has 1 aromatic rings. The van der Waals surface area contributed by atoms with Crippen LogP contribution in [0, 0.1) is 5.82 Å². The summed E-state index contributed by atoms with van der Waals surface area (Å²) in [7, 11) is 0. The molecular weight excluding hydrogens is 153 g/mol. The molecule has 0 aliphatic heterocycles. The molecule has 0 aliphatic rings. The van der Waals surface area contributed by atoms with Crippen LogP contribution in [-0.2, 0) is 6.42 Å². The monoisotopic (exact) mass is 168 g/mol. The molecule has 66 valence electrons. The van der Waals surface area contributed by atoms with Gasteiger partial charge in [0.25, 0.3) is 0 Å². The zero-order chi connectivity index (χ0) is 9.19. The molecule has 0 spiro atoms. The summed E-state index contributed by atoms with van der Waals surface area (Å²) in [5.41, 5.74) is 5.16. The van der Waals surface area contributed by atoms with E-state index in [0.717, 1.165) is 12.0 Å². The highest BCUT2D eigenvalue weighted by Crippen LogP contribution is 2.08. The van der Waals surface area contributed by atoms with E-state index in [0.29, 0.717) is 0 Å². The Balaban J connectivity index is 2.71. The third-order valence-electron chi connectivity index (χ3n) is 1.60. The molecule has 12 heavy (non-hydrogen) atoms. The second-order valence-corrected chi connectivity index (χ2v) is 3.97. The SMILES string of the molecule is CC(C)([NH3+])Cc1ccc(F)cc1. The first-order chi connectivity index (χ1) is 5.47. The Hall–Kier alpha value is -0.890. The van der Waals surface area contributed by atoms with E-state index in [-0.39, 0.29) is 11.4 Å². The van der Waals surface area contributed by atoms with Crippen molar-refractivity contribution in [1.82, 2.24) is 0 Å². The maximum absolute atomic E-state index is 12.5. The van der Waals surface area contributed by atoms with Gasteiger partial charge in [0.05, 0.1) is 5.54 Å². The van der Waals surface area contributed by atoms with Gasteiger partial charge in [-0.25, -0.2) is 4.39 Å². The van der Waals surface area contributed by atoms with Crippen LogP contribution in [0.5, 0.6) is 0 Å². The maximum atomic E-state index is 12.5. The van der Waals surface area contributed by atoms with Crippen molar-refractivity contribution in [3.63, 3.8) is 0 Å². The Bertz CT molecular complexity index is 246. The molecule has 1 nitrogen and oxygen atoms in total. The van der Waals surface area contributed by atoms with Gasteiger partial charge in [0.1, 0.15) is 5.82 Å². The van der Waals surface area contributed by atoms with E-state index >= 15 is 0 Å². The fourth-order valence-electron chi connectivity index (χ4n) is 1.15. The molecular formula is C10H15FN+. The predicted octanol–water partition coefficient (Wildman–Crippen LogP) is 1.39. The average Bonchev–Trinajstić information content (AvgIpc) is 1.91. The number of benzene rings is 1. The molecule has 1 rings (SSSR count). The number of halogens is 1. The Labute approximate surface area is 72.4 Å². The Morgan fingerprint density at radius 1 is 1.25 bits per heavy atom. The van der Waals surface area contributed by atoms with Crippen LogP contribution < -0.4 is 5.73 Å². The topological polar surface area (TPSA) is 27.6 Å². The van der Waals surface area contributed by atoms with Crippen LogP contribution in [0.4, 0.5) is 4.39 Å². The number of hydrogen-bond acceptors (Lipinski definition) is 0. The summed E-state index contributed by atoms with van der Waals surface area (Å²) in [6.07, 6.45) is 0.882. The van der Waals surface area contributed by atoms with Crippen molar-refractivity contribution in [2.45, 2.75) is 25.8 Å². The quantitative estimate of drug-likeness (QED) is 0.691. The van der Waals surface area contributed by atoms with Gasteiger partial charge in [0.15, 0.2) is 0 Å². The van der Waals surface area contributed by atoms with Crippen molar-refractivity contribution in [3.8, 4) is 0 Å². The highest BCUT2D eigenvalue weighted by Gasteiger charge is 2.15. The van der Waals surface area contributed by atoms with Crippen molar-refractivity contribution >= 4 is 0 Å². The van der Waals surface area contributed by atoms with Gasteiger partial charge >= 0.3 is 0 Å². The van der Waals surface area contributed by atoms with Gasteiger partial charge in [0.2, 0.25) is 0 Å². The van der Waals surface area contributed by atoms with E-state index in [4.69, 9.17) is 0 Å². The summed E-state index contributed by atoms with van der Waals surface area (Å²) in [5.74, 6) is -0.180. The highest BCUT2D eigenvalue weighted by atomic mass is 19.1. The molecule has 0 radical (unpaired) electrons. The fourth-order valence-corrected chi connectivity index (χ4v) is 1.15. The van der Waals surface area contributed by atoms with Gasteiger partial charge < -0.3 is 5.73 Å². The first kappa shape index (κ1) is 9.20. The van der Waals surface area contributed by atoms with Crippen LogP contribution in [0.25, 0.3) is 0 Å². The standard InChI is InChI=1S/C10H14FN/c1-10(2,12)7-8-3-5-9(11)6-4-8/h3-6H,7,12H2,1-2H3/p+1. The Morgan fingerprint density at radius 3 is 2.17 bits per heavy atom. The van der Waals surface area contributed by atoms with Crippen LogP contribution in [0.15, 0.2) is 24.3 Å². The number of rotatable bonds is 2. The first-order valence-electron chi connectivity index (χ1n) is 4.07. The van der Waals surface area contributed by atoms with E-state index in [1.54, 1.807) is 0 Å². The lowest BCUT2D eigenvalue weighted by Gasteiger charge is -2.14. The molecule has 0 amide bonds. The summed E-state index contributed by atoms with van der Waals surface area (Å²) in [6, 6.07) is 6.59.